The van der Waals surface area contributed by atoms with Crippen molar-refractivity contribution >= 4 is 6.29 Å². The van der Waals surface area contributed by atoms with Gasteiger partial charge >= 0.3 is 0 Å². The van der Waals surface area contributed by atoms with Gasteiger partial charge < -0.3 is 4.90 Å². The molecule has 0 aromatic rings. The summed E-state index contributed by atoms with van der Waals surface area (Å²) >= 11 is 0. The number of hydrogen-bond donors (Lipinski definition) is 0. The molecular weight excluding hydrogens is 102 g/mol. The molecular formula is C6H10NO. The standard InChI is InChI=1S/C6H10NO/c1-6(5-8)4-7(2)3/h4-5H,1H2,2-3H3. The molecule has 0 saturated carbocycles. The van der Waals surface area contributed by atoms with Crippen LogP contribution in [0.1, 0.15) is 0 Å². The van der Waals surface area contributed by atoms with Crippen LogP contribution in [0, 0.1) is 6.92 Å². The molecule has 0 saturated heterocycles. The molecule has 2 heteroatoms. The van der Waals surface area contributed by atoms with E-state index in [4.69, 9.17) is 0 Å². The Morgan fingerprint density at radius 2 is 2.12 bits per heavy atom. The lowest BCUT2D eigenvalue weighted by Gasteiger charge is -2.02. The van der Waals surface area contributed by atoms with E-state index in [1.807, 2.05) is 14.1 Å². The van der Waals surface area contributed by atoms with E-state index in [0.717, 1.165) is 6.29 Å². The van der Waals surface area contributed by atoms with Crippen LogP contribution < -0.4 is 0 Å². The Hall–Kier alpha value is -0.790. The summed E-state index contributed by atoms with van der Waals surface area (Å²) in [6, 6.07) is 0. The summed E-state index contributed by atoms with van der Waals surface area (Å²) in [5, 5.41) is 0. The highest BCUT2D eigenvalue weighted by Crippen LogP contribution is 1.85. The van der Waals surface area contributed by atoms with Crippen molar-refractivity contribution in [2.45, 2.75) is 0 Å². The predicted molar refractivity (Wildman–Crippen MR) is 33.2 cm³/mol. The van der Waals surface area contributed by atoms with Gasteiger partial charge in [0.05, 0.1) is 0 Å². The summed E-state index contributed by atoms with van der Waals surface area (Å²) < 4.78 is 0. The molecule has 0 aliphatic rings. The van der Waals surface area contributed by atoms with Crippen LogP contribution in [0.5, 0.6) is 0 Å². The maximum Gasteiger partial charge on any atom is 0.147 e. The first-order chi connectivity index (χ1) is 3.66. The van der Waals surface area contributed by atoms with Crippen molar-refractivity contribution in [3.63, 3.8) is 0 Å². The Morgan fingerprint density at radius 3 is 2.25 bits per heavy atom. The maximum atomic E-state index is 9.88. The SMILES string of the molecule is [CH2]C(C=O)=CN(C)C. The Morgan fingerprint density at radius 1 is 1.62 bits per heavy atom. The zero-order chi connectivity index (χ0) is 6.57. The smallest absolute Gasteiger partial charge is 0.147 e. The van der Waals surface area contributed by atoms with Crippen molar-refractivity contribution in [2.24, 2.45) is 0 Å². The minimum atomic E-state index is 0.495. The second-order valence-corrected chi connectivity index (χ2v) is 1.79. The third-order valence-corrected chi connectivity index (χ3v) is 0.575. The average Bonchev–Trinajstić information content (AvgIpc) is 1.65. The summed E-state index contributed by atoms with van der Waals surface area (Å²) in [6.45, 7) is 3.45. The van der Waals surface area contributed by atoms with Crippen LogP contribution >= 0.6 is 0 Å². The Bertz CT molecular complexity index is 105. The van der Waals surface area contributed by atoms with Gasteiger partial charge in [-0.25, -0.2) is 0 Å². The van der Waals surface area contributed by atoms with Crippen LogP contribution in [0.3, 0.4) is 0 Å². The molecule has 0 aliphatic carbocycles. The van der Waals surface area contributed by atoms with Crippen molar-refractivity contribution in [1.82, 2.24) is 4.90 Å². The number of carbonyl (C=O) groups is 1. The highest BCUT2D eigenvalue weighted by atomic mass is 16.1. The van der Waals surface area contributed by atoms with E-state index in [2.05, 4.69) is 6.92 Å². The van der Waals surface area contributed by atoms with Gasteiger partial charge in [0.1, 0.15) is 6.29 Å². The average molecular weight is 112 g/mol. The van der Waals surface area contributed by atoms with Gasteiger partial charge in [0.15, 0.2) is 0 Å². The Balaban J connectivity index is 3.74. The van der Waals surface area contributed by atoms with Crippen molar-refractivity contribution in [1.29, 1.82) is 0 Å². The lowest BCUT2D eigenvalue weighted by Crippen LogP contribution is -2.02. The predicted octanol–water partition coefficient (Wildman–Crippen LogP) is 0.465. The topological polar surface area (TPSA) is 20.3 Å². The first kappa shape index (κ1) is 7.21. The number of carbonyl (C=O) groups excluding carboxylic acids is 1. The molecule has 0 N–H and O–H groups in total. The normalized spacial score (nSPS) is 11.1. The summed E-state index contributed by atoms with van der Waals surface area (Å²) in [7, 11) is 3.68. The molecule has 0 atom stereocenters. The van der Waals surface area contributed by atoms with E-state index < -0.39 is 0 Å². The molecule has 0 aromatic heterocycles. The zero-order valence-corrected chi connectivity index (χ0v) is 5.22. The Kier molecular flexibility index (Phi) is 2.92. The van der Waals surface area contributed by atoms with Crippen molar-refractivity contribution in [2.75, 3.05) is 14.1 Å². The molecule has 0 fully saturated rings. The third kappa shape index (κ3) is 3.40. The van der Waals surface area contributed by atoms with Gasteiger partial charge in [0.25, 0.3) is 0 Å². The van der Waals surface area contributed by atoms with E-state index in [0.29, 0.717) is 5.57 Å². The van der Waals surface area contributed by atoms with Crippen LogP contribution in [-0.4, -0.2) is 25.3 Å². The molecule has 0 rings (SSSR count). The number of nitrogens with zero attached hydrogens (tertiary/aromatic N) is 1. The van der Waals surface area contributed by atoms with Crippen molar-refractivity contribution in [3.8, 4) is 0 Å². The fourth-order valence-corrected chi connectivity index (χ4v) is 0.362. The van der Waals surface area contributed by atoms with Gasteiger partial charge in [-0.05, 0) is 6.92 Å². The Labute approximate surface area is 49.8 Å². The maximum absolute atomic E-state index is 9.88. The number of hydrogen-bond acceptors (Lipinski definition) is 2. The molecule has 0 bridgehead atoms. The van der Waals surface area contributed by atoms with Gasteiger partial charge in [-0.2, -0.15) is 0 Å². The second-order valence-electron chi connectivity index (χ2n) is 1.79. The van der Waals surface area contributed by atoms with Gasteiger partial charge in [-0.3, -0.25) is 4.79 Å². The molecule has 45 valence electrons. The minimum Gasteiger partial charge on any atom is -0.383 e. The lowest BCUT2D eigenvalue weighted by molar-refractivity contribution is -0.104. The summed E-state index contributed by atoms with van der Waals surface area (Å²) in [6.07, 6.45) is 2.38. The van der Waals surface area contributed by atoms with E-state index in [1.54, 1.807) is 11.1 Å². The highest BCUT2D eigenvalue weighted by molar-refractivity contribution is 5.74. The van der Waals surface area contributed by atoms with E-state index >= 15 is 0 Å². The molecule has 8 heavy (non-hydrogen) atoms. The molecule has 0 unspecified atom stereocenters. The minimum absolute atomic E-state index is 0.495. The van der Waals surface area contributed by atoms with Crippen LogP contribution in [0.15, 0.2) is 11.8 Å². The summed E-state index contributed by atoms with van der Waals surface area (Å²) in [4.78, 5) is 11.7. The van der Waals surface area contributed by atoms with Gasteiger partial charge in [0, 0.05) is 25.9 Å². The molecule has 0 spiro atoms. The fraction of sp³-hybridized carbons (Fsp3) is 0.333. The second kappa shape index (κ2) is 3.24. The molecule has 0 aliphatic heterocycles. The van der Waals surface area contributed by atoms with Crippen molar-refractivity contribution < 1.29 is 4.79 Å². The molecule has 0 amide bonds. The number of aldehydes is 1. The van der Waals surface area contributed by atoms with Gasteiger partial charge in [-0.1, -0.05) is 0 Å². The molecule has 1 radical (unpaired) electrons. The number of allylic oxidation sites excluding steroid dienone is 1. The van der Waals surface area contributed by atoms with Gasteiger partial charge in [0.2, 0.25) is 0 Å². The number of rotatable bonds is 2. The molecule has 0 aromatic carbocycles. The van der Waals surface area contributed by atoms with Crippen LogP contribution in [0.25, 0.3) is 0 Å². The van der Waals surface area contributed by atoms with E-state index in [1.165, 1.54) is 0 Å². The quantitative estimate of drug-likeness (QED) is 0.382. The van der Waals surface area contributed by atoms with E-state index in [9.17, 15) is 4.79 Å². The highest BCUT2D eigenvalue weighted by Gasteiger charge is 1.82. The largest absolute Gasteiger partial charge is 0.383 e. The first-order valence-corrected chi connectivity index (χ1v) is 2.32. The zero-order valence-electron chi connectivity index (χ0n) is 5.22. The van der Waals surface area contributed by atoms with Gasteiger partial charge in [-0.15, -0.1) is 0 Å². The summed E-state index contributed by atoms with van der Waals surface area (Å²) in [5.41, 5.74) is 0.495. The van der Waals surface area contributed by atoms with Crippen LogP contribution in [0.4, 0.5) is 0 Å². The van der Waals surface area contributed by atoms with Crippen LogP contribution in [-0.2, 0) is 4.79 Å². The van der Waals surface area contributed by atoms with E-state index in [-0.39, 0.29) is 0 Å². The summed E-state index contributed by atoms with van der Waals surface area (Å²) in [5.74, 6) is 0. The van der Waals surface area contributed by atoms with Crippen LogP contribution in [0.2, 0.25) is 0 Å². The van der Waals surface area contributed by atoms with Crippen molar-refractivity contribution in [3.05, 3.63) is 18.7 Å². The molecule has 0 heterocycles. The fourth-order valence-electron chi connectivity index (χ4n) is 0.362. The monoisotopic (exact) mass is 112 g/mol. The lowest BCUT2D eigenvalue weighted by atomic mass is 10.4. The molecule has 2 nitrogen and oxygen atoms in total. The first-order valence-electron chi connectivity index (χ1n) is 2.32. The third-order valence-electron chi connectivity index (χ3n) is 0.575.